The molecule has 8 heteroatoms. The van der Waals surface area contributed by atoms with Crippen molar-refractivity contribution in [3.63, 3.8) is 0 Å². The smallest absolute Gasteiger partial charge is 0.394 e. The normalized spacial score (nSPS) is 20.2. The van der Waals surface area contributed by atoms with Crippen molar-refractivity contribution in [2.45, 2.75) is 45.7 Å². The van der Waals surface area contributed by atoms with Crippen LogP contribution in [0.1, 0.15) is 44.2 Å². The maximum Gasteiger partial charge on any atom is 0.394 e. The summed E-state index contributed by atoms with van der Waals surface area (Å²) in [6.45, 7) is 4.82. The van der Waals surface area contributed by atoms with Crippen molar-refractivity contribution < 1.29 is 27.9 Å². The van der Waals surface area contributed by atoms with Crippen LogP contribution in [0, 0.1) is 11.8 Å². The molecule has 5 nitrogen and oxygen atoms in total. The molecule has 0 radical (unpaired) electrons. The molecule has 2 rings (SSSR count). The highest BCUT2D eigenvalue weighted by Gasteiger charge is 2.53. The van der Waals surface area contributed by atoms with Crippen molar-refractivity contribution >= 4 is 17.7 Å². The average Bonchev–Trinajstić information content (AvgIpc) is 3.02. The third-order valence-electron chi connectivity index (χ3n) is 4.90. The molecule has 27 heavy (non-hydrogen) atoms. The van der Waals surface area contributed by atoms with Crippen molar-refractivity contribution in [2.75, 3.05) is 18.4 Å². The zero-order chi connectivity index (χ0) is 20.4. The van der Waals surface area contributed by atoms with Crippen LogP contribution >= 0.6 is 0 Å². The standard InChI is InChI=1S/C19H25F3N2O3/c1-4-6-12-7-5-8-13(11(2)3)16(12)23-18(27)24-9-14(17(25)26)15(10-24)19(20,21)22/h5,7-8,11,14-15H,4,6,9-10H2,1-3H3,(H,23,27)(H,25,26)/t14-,15-/m1/s1. The van der Waals surface area contributed by atoms with Gasteiger partial charge in [-0.25, -0.2) is 4.79 Å². The molecule has 2 amide bonds. The Kier molecular flexibility index (Phi) is 6.38. The number of benzene rings is 1. The van der Waals surface area contributed by atoms with Crippen molar-refractivity contribution in [2.24, 2.45) is 11.8 Å². The topological polar surface area (TPSA) is 69.6 Å². The molecule has 1 aliphatic rings. The lowest BCUT2D eigenvalue weighted by Crippen LogP contribution is -2.35. The lowest BCUT2D eigenvalue weighted by Gasteiger charge is -2.22. The Hall–Kier alpha value is -2.25. The fraction of sp³-hybridized carbons (Fsp3) is 0.579. The molecule has 0 bridgehead atoms. The summed E-state index contributed by atoms with van der Waals surface area (Å²) in [6.07, 6.45) is -3.09. The molecule has 1 aromatic carbocycles. The number of anilines is 1. The number of aliphatic carboxylic acids is 1. The highest BCUT2D eigenvalue weighted by atomic mass is 19.4. The number of halogens is 3. The number of carboxylic acid groups (broad SMARTS) is 1. The number of likely N-dealkylation sites (tertiary alicyclic amines) is 1. The van der Waals surface area contributed by atoms with Gasteiger partial charge in [-0.1, -0.05) is 45.4 Å². The number of carboxylic acids is 1. The third kappa shape index (κ3) is 4.73. The summed E-state index contributed by atoms with van der Waals surface area (Å²) in [4.78, 5) is 24.8. The summed E-state index contributed by atoms with van der Waals surface area (Å²) >= 11 is 0. The van der Waals surface area contributed by atoms with Gasteiger partial charge in [-0.05, 0) is 23.5 Å². The Morgan fingerprint density at radius 1 is 1.30 bits per heavy atom. The van der Waals surface area contributed by atoms with Gasteiger partial charge in [0.25, 0.3) is 0 Å². The van der Waals surface area contributed by atoms with Gasteiger partial charge in [0.1, 0.15) is 0 Å². The molecule has 0 aromatic heterocycles. The van der Waals surface area contributed by atoms with Crippen molar-refractivity contribution in [3.05, 3.63) is 29.3 Å². The molecule has 1 aliphatic heterocycles. The number of alkyl halides is 3. The third-order valence-corrected chi connectivity index (χ3v) is 4.90. The van der Waals surface area contributed by atoms with Crippen molar-refractivity contribution in [1.82, 2.24) is 4.90 Å². The van der Waals surface area contributed by atoms with Gasteiger partial charge in [0.05, 0.1) is 11.8 Å². The highest BCUT2D eigenvalue weighted by molar-refractivity contribution is 5.92. The molecule has 1 aromatic rings. The number of para-hydroxylation sites is 1. The van der Waals surface area contributed by atoms with Crippen molar-refractivity contribution in [3.8, 4) is 0 Å². The number of aryl methyl sites for hydroxylation is 1. The Bertz CT molecular complexity index is 704. The van der Waals surface area contributed by atoms with E-state index in [9.17, 15) is 22.8 Å². The molecule has 0 saturated carbocycles. The summed E-state index contributed by atoms with van der Waals surface area (Å²) in [7, 11) is 0. The van der Waals surface area contributed by atoms with Crippen LogP contribution in [-0.2, 0) is 11.2 Å². The molecule has 1 heterocycles. The molecule has 0 aliphatic carbocycles. The van der Waals surface area contributed by atoms with Crippen LogP contribution in [0.2, 0.25) is 0 Å². The Morgan fingerprint density at radius 3 is 2.44 bits per heavy atom. The maximum absolute atomic E-state index is 13.1. The Morgan fingerprint density at radius 2 is 1.96 bits per heavy atom. The van der Waals surface area contributed by atoms with Crippen LogP contribution < -0.4 is 5.32 Å². The molecule has 2 N–H and O–H groups in total. The van der Waals surface area contributed by atoms with Crippen LogP contribution in [0.5, 0.6) is 0 Å². The summed E-state index contributed by atoms with van der Waals surface area (Å²) in [5.41, 5.74) is 2.43. The molecular weight excluding hydrogens is 361 g/mol. The molecule has 1 fully saturated rings. The minimum absolute atomic E-state index is 0.116. The quantitative estimate of drug-likeness (QED) is 0.783. The lowest BCUT2D eigenvalue weighted by atomic mass is 9.96. The van der Waals surface area contributed by atoms with E-state index in [4.69, 9.17) is 5.11 Å². The van der Waals surface area contributed by atoms with E-state index in [2.05, 4.69) is 5.32 Å². The molecule has 0 spiro atoms. The second kappa shape index (κ2) is 8.19. The number of hydrogen-bond donors (Lipinski definition) is 2. The molecule has 150 valence electrons. The highest BCUT2D eigenvalue weighted by Crippen LogP contribution is 2.38. The minimum atomic E-state index is -4.67. The molecule has 2 atom stereocenters. The first-order valence-corrected chi connectivity index (χ1v) is 9.03. The monoisotopic (exact) mass is 386 g/mol. The van der Waals surface area contributed by atoms with E-state index < -0.39 is 43.1 Å². The summed E-state index contributed by atoms with van der Waals surface area (Å²) in [5, 5.41) is 11.9. The zero-order valence-electron chi connectivity index (χ0n) is 15.6. The van der Waals surface area contributed by atoms with Crippen LogP contribution in [-0.4, -0.2) is 41.3 Å². The number of nitrogens with zero attached hydrogens (tertiary/aromatic N) is 1. The van der Waals surface area contributed by atoms with Crippen molar-refractivity contribution in [1.29, 1.82) is 0 Å². The predicted octanol–water partition coefficient (Wildman–Crippen LogP) is 4.49. The molecular formula is C19H25F3N2O3. The second-order valence-electron chi connectivity index (χ2n) is 7.21. The number of carbonyl (C=O) groups excluding carboxylic acids is 1. The van der Waals surface area contributed by atoms with Gasteiger partial charge in [0.15, 0.2) is 0 Å². The second-order valence-corrected chi connectivity index (χ2v) is 7.21. The van der Waals surface area contributed by atoms with E-state index in [0.29, 0.717) is 5.69 Å². The fourth-order valence-corrected chi connectivity index (χ4v) is 3.47. The van der Waals surface area contributed by atoms with Gasteiger partial charge in [-0.3, -0.25) is 4.79 Å². The van der Waals surface area contributed by atoms with Gasteiger partial charge in [0.2, 0.25) is 0 Å². The fourth-order valence-electron chi connectivity index (χ4n) is 3.47. The Balaban J connectivity index is 2.26. The SMILES string of the molecule is CCCc1cccc(C(C)C)c1NC(=O)N1C[C@@H](C(F)(F)F)[C@H](C(=O)O)C1. The van der Waals surface area contributed by atoms with Gasteiger partial charge >= 0.3 is 18.2 Å². The van der Waals surface area contributed by atoms with Crippen LogP contribution in [0.3, 0.4) is 0 Å². The first-order valence-electron chi connectivity index (χ1n) is 9.03. The van der Waals surface area contributed by atoms with E-state index in [1.54, 1.807) is 0 Å². The zero-order valence-corrected chi connectivity index (χ0v) is 15.6. The number of carbonyl (C=O) groups is 2. The largest absolute Gasteiger partial charge is 0.481 e. The van der Waals surface area contributed by atoms with Crippen LogP contribution in [0.4, 0.5) is 23.7 Å². The number of rotatable bonds is 5. The first-order chi connectivity index (χ1) is 12.6. The van der Waals surface area contributed by atoms with Gasteiger partial charge < -0.3 is 15.3 Å². The number of hydrogen-bond acceptors (Lipinski definition) is 2. The number of nitrogens with one attached hydrogen (secondary N) is 1. The van der Waals surface area contributed by atoms with Gasteiger partial charge in [-0.2, -0.15) is 13.2 Å². The number of urea groups is 1. The molecule has 1 saturated heterocycles. The summed E-state index contributed by atoms with van der Waals surface area (Å²) in [6, 6.07) is 4.96. The lowest BCUT2D eigenvalue weighted by molar-refractivity contribution is -0.187. The predicted molar refractivity (Wildman–Crippen MR) is 95.8 cm³/mol. The van der Waals surface area contributed by atoms with Crippen LogP contribution in [0.25, 0.3) is 0 Å². The van der Waals surface area contributed by atoms with E-state index in [1.165, 1.54) is 0 Å². The van der Waals surface area contributed by atoms with Gasteiger partial charge in [-0.15, -0.1) is 0 Å². The van der Waals surface area contributed by atoms with E-state index in [-0.39, 0.29) is 5.92 Å². The average molecular weight is 386 g/mol. The minimum Gasteiger partial charge on any atom is -0.481 e. The van der Waals surface area contributed by atoms with E-state index in [1.807, 2.05) is 39.0 Å². The molecule has 0 unspecified atom stereocenters. The first kappa shape index (κ1) is 21.1. The van der Waals surface area contributed by atoms with E-state index in [0.717, 1.165) is 28.9 Å². The Labute approximate surface area is 156 Å². The van der Waals surface area contributed by atoms with Gasteiger partial charge in [0, 0.05) is 18.8 Å². The van der Waals surface area contributed by atoms with Crippen LogP contribution in [0.15, 0.2) is 18.2 Å². The summed E-state index contributed by atoms with van der Waals surface area (Å²) < 4.78 is 39.4. The number of amides is 2. The van der Waals surface area contributed by atoms with E-state index >= 15 is 0 Å². The summed E-state index contributed by atoms with van der Waals surface area (Å²) in [5.74, 6) is -5.13. The maximum atomic E-state index is 13.1.